The third-order valence-corrected chi connectivity index (χ3v) is 11.1. The van der Waals surface area contributed by atoms with Crippen molar-refractivity contribution >= 4 is 55.1 Å². The van der Waals surface area contributed by atoms with E-state index in [-0.39, 0.29) is 40.5 Å². The Bertz CT molecular complexity index is 1830. The van der Waals surface area contributed by atoms with Gasteiger partial charge in [0.2, 0.25) is 11.8 Å². The molecule has 1 aliphatic carbocycles. The van der Waals surface area contributed by atoms with Crippen molar-refractivity contribution in [2.75, 3.05) is 18.0 Å². The molecule has 0 bridgehead atoms. The number of hydrogen-bond acceptors (Lipinski definition) is 5. The molecule has 0 heterocycles. The molecule has 48 heavy (non-hydrogen) atoms. The third-order valence-electron chi connectivity index (χ3n) is 8.53. The van der Waals surface area contributed by atoms with E-state index in [9.17, 15) is 18.0 Å². The molecule has 1 fully saturated rings. The van der Waals surface area contributed by atoms with Crippen LogP contribution in [0.1, 0.15) is 42.4 Å². The van der Waals surface area contributed by atoms with Crippen molar-refractivity contribution < 1.29 is 22.7 Å². The lowest BCUT2D eigenvalue weighted by Crippen LogP contribution is -2.54. The Morgan fingerprint density at radius 2 is 1.62 bits per heavy atom. The molecular formula is C37H39BrClN3O5S. The predicted molar refractivity (Wildman–Crippen MR) is 193 cm³/mol. The Labute approximate surface area is 296 Å². The summed E-state index contributed by atoms with van der Waals surface area (Å²) < 4.78 is 35.8. The van der Waals surface area contributed by atoms with E-state index in [0.717, 1.165) is 51.2 Å². The van der Waals surface area contributed by atoms with Crippen molar-refractivity contribution in [1.29, 1.82) is 0 Å². The van der Waals surface area contributed by atoms with Crippen LogP contribution in [-0.4, -0.2) is 50.9 Å². The predicted octanol–water partition coefficient (Wildman–Crippen LogP) is 7.31. The molecule has 2 amide bonds. The van der Waals surface area contributed by atoms with Crippen LogP contribution < -0.4 is 14.4 Å². The normalized spacial score (nSPS) is 13.9. The summed E-state index contributed by atoms with van der Waals surface area (Å²) in [6.07, 6.45) is 4.07. The van der Waals surface area contributed by atoms with E-state index >= 15 is 0 Å². The maximum atomic E-state index is 14.7. The molecule has 0 spiro atoms. The van der Waals surface area contributed by atoms with Crippen molar-refractivity contribution in [3.05, 3.63) is 123 Å². The summed E-state index contributed by atoms with van der Waals surface area (Å²) >= 11 is 10.00. The average molecular weight is 753 g/mol. The first kappa shape index (κ1) is 35.4. The van der Waals surface area contributed by atoms with Gasteiger partial charge in [-0.05, 0) is 73.4 Å². The number of anilines is 1. The quantitative estimate of drug-likeness (QED) is 0.155. The Kier molecular flexibility index (Phi) is 11.8. The van der Waals surface area contributed by atoms with Crippen molar-refractivity contribution in [2.45, 2.75) is 62.6 Å². The number of methoxy groups -OCH3 is 1. The van der Waals surface area contributed by atoms with Gasteiger partial charge in [-0.3, -0.25) is 13.9 Å². The van der Waals surface area contributed by atoms with Crippen LogP contribution in [0.2, 0.25) is 5.02 Å². The SMILES string of the molecule is COc1ccc(N(CC(=O)N(Cc2cccc(Br)c2)C(Cc2ccccc2)C(=O)NC2CCCC2)S(=O)(=O)c2ccc(C)cc2)cc1Cl. The van der Waals surface area contributed by atoms with Crippen molar-refractivity contribution in [2.24, 2.45) is 0 Å². The fraction of sp³-hybridized carbons (Fsp3) is 0.297. The number of nitrogens with one attached hydrogen (secondary N) is 1. The molecule has 252 valence electrons. The highest BCUT2D eigenvalue weighted by Gasteiger charge is 2.35. The topological polar surface area (TPSA) is 96.0 Å². The van der Waals surface area contributed by atoms with Gasteiger partial charge in [0.25, 0.3) is 10.0 Å². The van der Waals surface area contributed by atoms with E-state index in [2.05, 4.69) is 21.2 Å². The molecule has 1 N–H and O–H groups in total. The second-order valence-electron chi connectivity index (χ2n) is 12.0. The van der Waals surface area contributed by atoms with Crippen molar-refractivity contribution in [3.63, 3.8) is 0 Å². The van der Waals surface area contributed by atoms with Gasteiger partial charge < -0.3 is 15.0 Å². The fourth-order valence-electron chi connectivity index (χ4n) is 5.93. The molecule has 5 rings (SSSR count). The highest BCUT2D eigenvalue weighted by molar-refractivity contribution is 9.10. The summed E-state index contributed by atoms with van der Waals surface area (Å²) in [5.74, 6) is -0.447. The number of sulfonamides is 1. The van der Waals surface area contributed by atoms with Gasteiger partial charge in [-0.2, -0.15) is 0 Å². The van der Waals surface area contributed by atoms with E-state index < -0.39 is 28.5 Å². The van der Waals surface area contributed by atoms with Crippen LogP contribution in [-0.2, 0) is 32.6 Å². The number of halogens is 2. The van der Waals surface area contributed by atoms with Gasteiger partial charge in [0.1, 0.15) is 18.3 Å². The minimum absolute atomic E-state index is 0.0196. The van der Waals surface area contributed by atoms with Crippen LogP contribution in [0.4, 0.5) is 5.69 Å². The van der Waals surface area contributed by atoms with Crippen molar-refractivity contribution in [1.82, 2.24) is 10.2 Å². The number of nitrogens with zero attached hydrogens (tertiary/aromatic N) is 2. The molecule has 1 saturated carbocycles. The Morgan fingerprint density at radius 1 is 0.938 bits per heavy atom. The lowest BCUT2D eigenvalue weighted by Gasteiger charge is -2.34. The van der Waals surface area contributed by atoms with Gasteiger partial charge in [-0.25, -0.2) is 8.42 Å². The molecule has 0 radical (unpaired) electrons. The number of carbonyl (C=O) groups excluding carboxylic acids is 2. The lowest BCUT2D eigenvalue weighted by molar-refractivity contribution is -0.140. The standard InChI is InChI=1S/C37H39BrClN3O5S/c1-26-15-18-32(19-16-26)48(45,46)42(31-17-20-35(47-2)33(39)23-31)25-36(43)41(24-28-11-8-12-29(38)21-28)34(22-27-9-4-3-5-10-27)37(44)40-30-13-6-7-14-30/h3-5,8-12,15-21,23,30,34H,6-7,13-14,22,24-25H2,1-2H3,(H,40,44). The molecular weight excluding hydrogens is 714 g/mol. The molecule has 0 aromatic heterocycles. The van der Waals surface area contributed by atoms with Crippen LogP contribution in [0, 0.1) is 6.92 Å². The maximum absolute atomic E-state index is 14.7. The molecule has 4 aromatic carbocycles. The maximum Gasteiger partial charge on any atom is 0.264 e. The highest BCUT2D eigenvalue weighted by atomic mass is 79.9. The summed E-state index contributed by atoms with van der Waals surface area (Å²) in [5, 5.41) is 3.38. The van der Waals surface area contributed by atoms with Gasteiger partial charge in [-0.1, -0.05) is 101 Å². The summed E-state index contributed by atoms with van der Waals surface area (Å²) in [6.45, 7) is 1.37. The molecule has 8 nitrogen and oxygen atoms in total. The molecule has 0 saturated heterocycles. The molecule has 1 unspecified atom stereocenters. The van der Waals surface area contributed by atoms with E-state index in [4.69, 9.17) is 16.3 Å². The van der Waals surface area contributed by atoms with Gasteiger partial charge >= 0.3 is 0 Å². The Morgan fingerprint density at radius 3 is 2.27 bits per heavy atom. The van der Waals surface area contributed by atoms with Crippen LogP contribution in [0.5, 0.6) is 5.75 Å². The van der Waals surface area contributed by atoms with Crippen LogP contribution in [0.3, 0.4) is 0 Å². The number of carbonyl (C=O) groups is 2. The number of rotatable bonds is 13. The molecule has 1 atom stereocenters. The number of aryl methyl sites for hydroxylation is 1. The highest BCUT2D eigenvalue weighted by Crippen LogP contribution is 2.32. The first-order chi connectivity index (χ1) is 23.0. The van der Waals surface area contributed by atoms with Gasteiger partial charge in [-0.15, -0.1) is 0 Å². The first-order valence-electron chi connectivity index (χ1n) is 15.9. The number of ether oxygens (including phenoxy) is 1. The summed E-state index contributed by atoms with van der Waals surface area (Å²) in [5.41, 5.74) is 2.74. The summed E-state index contributed by atoms with van der Waals surface area (Å²) in [6, 6.07) is 27.2. The molecule has 11 heteroatoms. The Balaban J connectivity index is 1.58. The summed E-state index contributed by atoms with van der Waals surface area (Å²) in [4.78, 5) is 30.4. The Hall–Kier alpha value is -3.86. The molecule has 1 aliphatic rings. The third kappa shape index (κ3) is 8.78. The van der Waals surface area contributed by atoms with Crippen LogP contribution >= 0.6 is 27.5 Å². The van der Waals surface area contributed by atoms with Crippen molar-refractivity contribution in [3.8, 4) is 5.75 Å². The molecule has 0 aliphatic heterocycles. The zero-order valence-electron chi connectivity index (χ0n) is 26.9. The largest absolute Gasteiger partial charge is 0.495 e. The zero-order valence-corrected chi connectivity index (χ0v) is 30.1. The average Bonchev–Trinajstić information content (AvgIpc) is 3.58. The first-order valence-corrected chi connectivity index (χ1v) is 18.5. The smallest absolute Gasteiger partial charge is 0.264 e. The van der Waals surface area contributed by atoms with E-state index in [1.54, 1.807) is 24.3 Å². The van der Waals surface area contributed by atoms with Gasteiger partial charge in [0.15, 0.2) is 0 Å². The number of benzene rings is 4. The van der Waals surface area contributed by atoms with Gasteiger partial charge in [0.05, 0.1) is 22.7 Å². The lowest BCUT2D eigenvalue weighted by atomic mass is 10.0. The second-order valence-corrected chi connectivity index (χ2v) is 15.2. The minimum atomic E-state index is -4.26. The van der Waals surface area contributed by atoms with Crippen LogP contribution in [0.15, 0.2) is 106 Å². The monoisotopic (exact) mass is 751 g/mol. The minimum Gasteiger partial charge on any atom is -0.495 e. The molecule has 4 aromatic rings. The number of hydrogen-bond donors (Lipinski definition) is 1. The van der Waals surface area contributed by atoms with E-state index in [1.165, 1.54) is 30.2 Å². The zero-order chi connectivity index (χ0) is 34.3. The summed E-state index contributed by atoms with van der Waals surface area (Å²) in [7, 11) is -2.79. The van der Waals surface area contributed by atoms with E-state index in [1.807, 2.05) is 61.5 Å². The fourth-order valence-corrected chi connectivity index (χ4v) is 8.03. The number of amides is 2. The van der Waals surface area contributed by atoms with E-state index in [0.29, 0.717) is 5.75 Å². The second kappa shape index (κ2) is 16.0. The van der Waals surface area contributed by atoms with Gasteiger partial charge in [0, 0.05) is 23.5 Å². The van der Waals surface area contributed by atoms with Crippen LogP contribution in [0.25, 0.3) is 0 Å².